The van der Waals surface area contributed by atoms with Gasteiger partial charge in [-0.25, -0.2) is 9.97 Å². The first-order valence-corrected chi connectivity index (χ1v) is 11.8. The average molecular weight is 477 g/mol. The van der Waals surface area contributed by atoms with Gasteiger partial charge in [-0.3, -0.25) is 4.79 Å². The monoisotopic (exact) mass is 476 g/mol. The molecule has 33 heavy (non-hydrogen) atoms. The zero-order valence-electron chi connectivity index (χ0n) is 18.9. The van der Waals surface area contributed by atoms with Crippen LogP contribution in [0.2, 0.25) is 5.02 Å². The minimum atomic E-state index is -0.305. The number of rotatable bonds is 6. The topological polar surface area (TPSA) is 66.9 Å². The predicted octanol–water partition coefficient (Wildman–Crippen LogP) is 6.88. The summed E-state index contributed by atoms with van der Waals surface area (Å²) in [6.45, 7) is 8.02. The van der Waals surface area contributed by atoms with Gasteiger partial charge in [0.1, 0.15) is 5.00 Å². The fourth-order valence-electron chi connectivity index (χ4n) is 3.78. The summed E-state index contributed by atoms with van der Waals surface area (Å²) in [7, 11) is 0. The summed E-state index contributed by atoms with van der Waals surface area (Å²) in [6, 6.07) is 18.6. The molecule has 2 aromatic carbocycles. The number of nitrogens with one attached hydrogen (secondary N) is 2. The number of aromatic nitrogens is 2. The van der Waals surface area contributed by atoms with Gasteiger partial charge in [0.25, 0.3) is 5.91 Å². The normalized spacial score (nSPS) is 11.8. The van der Waals surface area contributed by atoms with Gasteiger partial charge in [0.15, 0.2) is 0 Å². The minimum absolute atomic E-state index is 0.148. The number of carbonyl (C=O) groups is 1. The molecule has 2 aromatic heterocycles. The number of anilines is 2. The Hall–Kier alpha value is -3.22. The second-order valence-electron chi connectivity index (χ2n) is 7.95. The fourth-order valence-corrected chi connectivity index (χ4v) is 5.07. The van der Waals surface area contributed by atoms with Crippen molar-refractivity contribution < 1.29 is 4.79 Å². The van der Waals surface area contributed by atoms with Crippen LogP contribution in [0.1, 0.15) is 49.4 Å². The number of nitrogens with zero attached hydrogens (tertiary/aromatic N) is 2. The second-order valence-corrected chi connectivity index (χ2v) is 9.61. The number of aryl methyl sites for hydroxylation is 3. The van der Waals surface area contributed by atoms with Crippen molar-refractivity contribution in [3.8, 4) is 0 Å². The van der Waals surface area contributed by atoms with E-state index in [1.165, 1.54) is 0 Å². The van der Waals surface area contributed by atoms with Crippen LogP contribution in [0.5, 0.6) is 0 Å². The van der Waals surface area contributed by atoms with Crippen LogP contribution in [0.4, 0.5) is 10.9 Å². The molecule has 1 atom stereocenters. The van der Waals surface area contributed by atoms with Crippen LogP contribution in [-0.2, 0) is 0 Å². The molecular weight excluding hydrogens is 452 g/mol. The Kier molecular flexibility index (Phi) is 6.77. The molecule has 0 saturated heterocycles. The molecule has 4 rings (SSSR count). The van der Waals surface area contributed by atoms with Crippen LogP contribution in [0.25, 0.3) is 0 Å². The van der Waals surface area contributed by atoms with Crippen LogP contribution in [0.3, 0.4) is 0 Å². The summed E-state index contributed by atoms with van der Waals surface area (Å²) in [4.78, 5) is 23.3. The van der Waals surface area contributed by atoms with Gasteiger partial charge in [0.05, 0.1) is 6.04 Å². The van der Waals surface area contributed by atoms with Crippen LogP contribution in [0.15, 0.2) is 60.7 Å². The fraction of sp³-hybridized carbons (Fsp3) is 0.192. The van der Waals surface area contributed by atoms with Crippen molar-refractivity contribution in [2.24, 2.45) is 0 Å². The molecule has 1 amide bonds. The summed E-state index contributed by atoms with van der Waals surface area (Å²) < 4.78 is 0. The highest BCUT2D eigenvalue weighted by Gasteiger charge is 2.26. The van der Waals surface area contributed by atoms with Gasteiger partial charge in [-0.2, -0.15) is 0 Å². The zero-order valence-corrected chi connectivity index (χ0v) is 20.5. The summed E-state index contributed by atoms with van der Waals surface area (Å²) in [5.74, 6) is 0.381. The van der Waals surface area contributed by atoms with E-state index in [2.05, 4.69) is 34.4 Å². The Morgan fingerprint density at radius 1 is 0.939 bits per heavy atom. The molecule has 2 heterocycles. The maximum absolute atomic E-state index is 13.0. The molecule has 5 nitrogen and oxygen atoms in total. The third-order valence-electron chi connectivity index (χ3n) is 5.42. The van der Waals surface area contributed by atoms with Gasteiger partial charge < -0.3 is 10.6 Å². The quantitative estimate of drug-likeness (QED) is 0.318. The van der Waals surface area contributed by atoms with E-state index >= 15 is 0 Å². The number of amides is 1. The van der Waals surface area contributed by atoms with Crippen LogP contribution < -0.4 is 10.6 Å². The van der Waals surface area contributed by atoms with Gasteiger partial charge in [-0.15, -0.1) is 11.3 Å². The first kappa shape index (κ1) is 23.0. The van der Waals surface area contributed by atoms with Crippen molar-refractivity contribution in [3.05, 3.63) is 104 Å². The minimum Gasteiger partial charge on any atom is -0.343 e. The van der Waals surface area contributed by atoms with Gasteiger partial charge in [-0.1, -0.05) is 41.9 Å². The molecular formula is C26H25ClN4OS. The molecule has 0 radical (unpaired) electrons. The number of thiophene rings is 1. The lowest BCUT2D eigenvalue weighted by molar-refractivity contribution is 0.102. The molecule has 0 aliphatic carbocycles. The van der Waals surface area contributed by atoms with Crippen molar-refractivity contribution in [3.63, 3.8) is 0 Å². The highest BCUT2D eigenvalue weighted by molar-refractivity contribution is 7.16. The van der Waals surface area contributed by atoms with Crippen molar-refractivity contribution in [2.45, 2.75) is 33.7 Å². The molecule has 4 aromatic rings. The number of hydrogen-bond acceptors (Lipinski definition) is 5. The predicted molar refractivity (Wildman–Crippen MR) is 137 cm³/mol. The van der Waals surface area contributed by atoms with Gasteiger partial charge >= 0.3 is 0 Å². The van der Waals surface area contributed by atoms with Gasteiger partial charge in [-0.05, 0) is 69.2 Å². The summed E-state index contributed by atoms with van der Waals surface area (Å²) in [5, 5.41) is 8.06. The smallest absolute Gasteiger partial charge is 0.256 e. The molecule has 0 fully saturated rings. The third-order valence-corrected chi connectivity index (χ3v) is 6.79. The molecule has 0 unspecified atom stereocenters. The van der Waals surface area contributed by atoms with E-state index < -0.39 is 0 Å². The molecule has 0 saturated carbocycles. The Morgan fingerprint density at radius 3 is 2.30 bits per heavy atom. The highest BCUT2D eigenvalue weighted by atomic mass is 35.5. The van der Waals surface area contributed by atoms with E-state index in [9.17, 15) is 4.79 Å². The maximum Gasteiger partial charge on any atom is 0.256 e. The van der Waals surface area contributed by atoms with Crippen molar-refractivity contribution in [1.82, 2.24) is 9.97 Å². The van der Waals surface area contributed by atoms with Crippen LogP contribution >= 0.6 is 22.9 Å². The SMILES string of the molecule is Cc1cc(C)nc(N[C@H](c2cccc(Cl)c2)c2c(NC(=O)c3ccccc3)sc(C)c2C)n1. The number of benzene rings is 2. The van der Waals surface area contributed by atoms with Gasteiger partial charge in [0, 0.05) is 32.4 Å². The maximum atomic E-state index is 13.0. The number of carbonyl (C=O) groups excluding carboxylic acids is 1. The summed E-state index contributed by atoms with van der Waals surface area (Å²) >= 11 is 7.92. The standard InChI is InChI=1S/C26H25ClN4OS/c1-15-13-16(2)29-26(28-15)30-23(20-11-8-12-21(27)14-20)22-17(3)18(4)33-25(22)31-24(32)19-9-6-5-7-10-19/h5-14,23H,1-4H3,(H,31,32)(H,28,29,30)/t23-/m1/s1. The van der Waals surface area contributed by atoms with E-state index in [4.69, 9.17) is 11.6 Å². The molecule has 0 aliphatic rings. The van der Waals surface area contributed by atoms with Crippen molar-refractivity contribution in [1.29, 1.82) is 0 Å². The lowest BCUT2D eigenvalue weighted by atomic mass is 9.96. The lowest BCUT2D eigenvalue weighted by Crippen LogP contribution is -2.19. The van der Waals surface area contributed by atoms with Crippen molar-refractivity contribution >= 4 is 39.8 Å². The first-order valence-electron chi connectivity index (χ1n) is 10.6. The molecule has 0 bridgehead atoms. The number of halogens is 1. The molecule has 0 aliphatic heterocycles. The largest absolute Gasteiger partial charge is 0.343 e. The first-order chi connectivity index (χ1) is 15.8. The van der Waals surface area contributed by atoms with Crippen LogP contribution in [-0.4, -0.2) is 15.9 Å². The number of hydrogen-bond donors (Lipinski definition) is 2. The lowest BCUT2D eigenvalue weighted by Gasteiger charge is -2.22. The molecule has 7 heteroatoms. The Morgan fingerprint density at radius 2 is 1.64 bits per heavy atom. The van der Waals surface area contributed by atoms with E-state index in [0.717, 1.165) is 38.0 Å². The average Bonchev–Trinajstić information content (AvgIpc) is 3.05. The molecule has 0 spiro atoms. The Labute approximate surface area is 202 Å². The summed E-state index contributed by atoms with van der Waals surface area (Å²) in [5.41, 5.74) is 5.41. The van der Waals surface area contributed by atoms with E-state index in [1.54, 1.807) is 23.5 Å². The highest BCUT2D eigenvalue weighted by Crippen LogP contribution is 2.41. The van der Waals surface area contributed by atoms with E-state index in [1.807, 2.05) is 62.4 Å². The van der Waals surface area contributed by atoms with Crippen molar-refractivity contribution in [2.75, 3.05) is 10.6 Å². The second kappa shape index (κ2) is 9.73. The third kappa shape index (κ3) is 5.24. The Balaban J connectivity index is 1.80. The molecule has 168 valence electrons. The Bertz CT molecular complexity index is 1280. The molecule has 2 N–H and O–H groups in total. The van der Waals surface area contributed by atoms with Crippen LogP contribution in [0, 0.1) is 27.7 Å². The summed E-state index contributed by atoms with van der Waals surface area (Å²) in [6.07, 6.45) is 0. The van der Waals surface area contributed by atoms with Gasteiger partial charge in [0.2, 0.25) is 5.95 Å². The zero-order chi connectivity index (χ0) is 23.5. The van der Waals surface area contributed by atoms with E-state index in [-0.39, 0.29) is 11.9 Å². The van der Waals surface area contributed by atoms with E-state index in [0.29, 0.717) is 16.5 Å².